The van der Waals surface area contributed by atoms with Crippen molar-refractivity contribution in [2.24, 2.45) is 7.05 Å². The van der Waals surface area contributed by atoms with Crippen LogP contribution in [0.5, 0.6) is 0 Å². The van der Waals surface area contributed by atoms with Crippen LogP contribution in [0.15, 0.2) is 84.3 Å². The summed E-state index contributed by atoms with van der Waals surface area (Å²) in [5, 5.41) is 5.89. The molecule has 2 heterocycles. The van der Waals surface area contributed by atoms with E-state index >= 15 is 0 Å². The predicted molar refractivity (Wildman–Crippen MR) is 128 cm³/mol. The highest BCUT2D eigenvalue weighted by atomic mass is 32.2. The highest BCUT2D eigenvalue weighted by Gasteiger charge is 2.10. The lowest BCUT2D eigenvalue weighted by Crippen LogP contribution is -2.14. The minimum absolute atomic E-state index is 0.164. The molecule has 0 saturated carbocycles. The van der Waals surface area contributed by atoms with Gasteiger partial charge in [0.1, 0.15) is 0 Å². The number of aryl methyl sites for hydroxylation is 1. The molecule has 0 aliphatic carbocycles. The van der Waals surface area contributed by atoms with E-state index in [9.17, 15) is 13.2 Å². The zero-order chi connectivity index (χ0) is 23.4. The summed E-state index contributed by atoms with van der Waals surface area (Å²) in [4.78, 5) is 21.3. The average molecular weight is 462 g/mol. The Labute approximate surface area is 192 Å². The van der Waals surface area contributed by atoms with E-state index in [1.54, 1.807) is 24.5 Å². The first-order chi connectivity index (χ1) is 15.8. The van der Waals surface area contributed by atoms with Gasteiger partial charge in [-0.3, -0.25) is 4.79 Å². The number of carbonyl (C=O) groups is 1. The summed E-state index contributed by atoms with van der Waals surface area (Å²) in [5.41, 5.74) is 3.99. The largest absolute Gasteiger partial charge is 0.355 e. The molecule has 0 atom stereocenters. The fourth-order valence-corrected chi connectivity index (χ4v) is 3.92. The maximum atomic E-state index is 12.4. The van der Waals surface area contributed by atoms with Crippen molar-refractivity contribution in [1.82, 2.24) is 14.5 Å². The van der Waals surface area contributed by atoms with Gasteiger partial charge >= 0.3 is 0 Å². The topological polar surface area (TPSA) is 106 Å². The first kappa shape index (κ1) is 22.2. The number of amides is 1. The zero-order valence-corrected chi connectivity index (χ0v) is 19.0. The van der Waals surface area contributed by atoms with E-state index in [0.717, 1.165) is 28.6 Å². The lowest BCUT2D eigenvalue weighted by molar-refractivity contribution is -0.115. The van der Waals surface area contributed by atoms with Gasteiger partial charge < -0.3 is 15.2 Å². The number of sulfone groups is 1. The fraction of sp³-hybridized carbons (Fsp3) is 0.125. The van der Waals surface area contributed by atoms with Crippen molar-refractivity contribution < 1.29 is 13.2 Å². The molecule has 0 unspecified atom stereocenters. The third-order valence-electron chi connectivity index (χ3n) is 4.94. The Kier molecular flexibility index (Phi) is 6.23. The van der Waals surface area contributed by atoms with E-state index in [2.05, 4.69) is 20.6 Å². The molecule has 0 spiro atoms. The third-order valence-corrected chi connectivity index (χ3v) is 6.05. The number of carbonyl (C=O) groups excluding carboxylic acids is 1. The van der Waals surface area contributed by atoms with Crippen LogP contribution in [0.3, 0.4) is 0 Å². The van der Waals surface area contributed by atoms with Crippen molar-refractivity contribution in [2.45, 2.75) is 11.3 Å². The second-order valence-electron chi connectivity index (χ2n) is 7.71. The normalized spacial score (nSPS) is 11.2. The van der Waals surface area contributed by atoms with Gasteiger partial charge in [-0.25, -0.2) is 18.4 Å². The number of nitrogens with zero attached hydrogens (tertiary/aromatic N) is 3. The number of hydrogen-bond acceptors (Lipinski definition) is 6. The molecule has 2 aromatic heterocycles. The molecule has 8 nitrogen and oxygen atoms in total. The maximum absolute atomic E-state index is 12.4. The van der Waals surface area contributed by atoms with E-state index in [-0.39, 0.29) is 17.2 Å². The molecule has 4 rings (SSSR count). The molecule has 2 aromatic carbocycles. The van der Waals surface area contributed by atoms with Gasteiger partial charge in [0.05, 0.1) is 17.0 Å². The van der Waals surface area contributed by atoms with Crippen molar-refractivity contribution in [1.29, 1.82) is 0 Å². The van der Waals surface area contributed by atoms with Gasteiger partial charge in [-0.1, -0.05) is 30.3 Å². The van der Waals surface area contributed by atoms with Gasteiger partial charge in [0.25, 0.3) is 0 Å². The van der Waals surface area contributed by atoms with E-state index in [0.29, 0.717) is 11.6 Å². The molecule has 9 heteroatoms. The van der Waals surface area contributed by atoms with Crippen LogP contribution in [-0.2, 0) is 28.1 Å². The van der Waals surface area contributed by atoms with Crippen molar-refractivity contribution in [3.05, 3.63) is 84.9 Å². The van der Waals surface area contributed by atoms with Gasteiger partial charge in [0.2, 0.25) is 11.9 Å². The molecule has 1 amide bonds. The number of hydrogen-bond donors (Lipinski definition) is 2. The zero-order valence-electron chi connectivity index (χ0n) is 18.2. The Morgan fingerprint density at radius 3 is 2.33 bits per heavy atom. The van der Waals surface area contributed by atoms with Gasteiger partial charge in [-0.2, -0.15) is 0 Å². The van der Waals surface area contributed by atoms with Crippen LogP contribution in [0.4, 0.5) is 17.3 Å². The quantitative estimate of drug-likeness (QED) is 0.434. The fourth-order valence-electron chi connectivity index (χ4n) is 3.26. The van der Waals surface area contributed by atoms with Crippen molar-refractivity contribution >= 4 is 33.1 Å². The molecular weight excluding hydrogens is 438 g/mol. The molecule has 0 aliphatic rings. The molecule has 0 bridgehead atoms. The van der Waals surface area contributed by atoms with E-state index in [1.165, 1.54) is 12.1 Å². The Morgan fingerprint density at radius 2 is 1.70 bits per heavy atom. The summed E-state index contributed by atoms with van der Waals surface area (Å²) < 4.78 is 25.3. The first-order valence-electron chi connectivity index (χ1n) is 10.2. The van der Waals surface area contributed by atoms with Crippen LogP contribution in [0.1, 0.15) is 5.56 Å². The van der Waals surface area contributed by atoms with Crippen molar-refractivity contribution in [3.63, 3.8) is 0 Å². The minimum Gasteiger partial charge on any atom is -0.355 e. The van der Waals surface area contributed by atoms with Gasteiger partial charge in [-0.05, 0) is 35.4 Å². The molecule has 4 aromatic rings. The summed E-state index contributed by atoms with van der Waals surface area (Å²) >= 11 is 0. The number of anilines is 3. The SMILES string of the molecule is Cn1ccc(Nc2ncc(-c3ccc(CC(=O)Nc4cccc(S(C)(=O)=O)c4)cc3)cn2)c1. The molecule has 2 N–H and O–H groups in total. The second kappa shape index (κ2) is 9.25. The molecule has 33 heavy (non-hydrogen) atoms. The number of aromatic nitrogens is 3. The standard InChI is InChI=1S/C24H23N5O3S/c1-29-11-10-21(16-29)28-24-25-14-19(15-26-24)18-8-6-17(7-9-18)12-23(30)27-20-4-3-5-22(13-20)33(2,31)32/h3-11,13-16H,12H2,1-2H3,(H,27,30)(H,25,26,28). The predicted octanol–water partition coefficient (Wildman–Crippen LogP) is 3.81. The van der Waals surface area contributed by atoms with Crippen molar-refractivity contribution in [2.75, 3.05) is 16.9 Å². The highest BCUT2D eigenvalue weighted by Crippen LogP contribution is 2.21. The monoisotopic (exact) mass is 461 g/mol. The van der Waals surface area contributed by atoms with Gasteiger partial charge in [0.15, 0.2) is 9.84 Å². The Bertz CT molecular complexity index is 1380. The second-order valence-corrected chi connectivity index (χ2v) is 9.72. The Hall–Kier alpha value is -3.98. The smallest absolute Gasteiger partial charge is 0.228 e. The first-order valence-corrected chi connectivity index (χ1v) is 12.1. The maximum Gasteiger partial charge on any atom is 0.228 e. The van der Waals surface area contributed by atoms with Crippen LogP contribution < -0.4 is 10.6 Å². The number of rotatable bonds is 7. The third kappa shape index (κ3) is 5.83. The Morgan fingerprint density at radius 1 is 0.970 bits per heavy atom. The van der Waals surface area contributed by atoms with E-state index in [4.69, 9.17) is 0 Å². The van der Waals surface area contributed by atoms with Crippen LogP contribution in [0, 0.1) is 0 Å². The van der Waals surface area contributed by atoms with Crippen LogP contribution in [0.2, 0.25) is 0 Å². The molecule has 0 saturated heterocycles. The van der Waals surface area contributed by atoms with Crippen LogP contribution >= 0.6 is 0 Å². The average Bonchev–Trinajstić information content (AvgIpc) is 3.19. The lowest BCUT2D eigenvalue weighted by Gasteiger charge is -2.08. The number of benzene rings is 2. The molecule has 0 aliphatic heterocycles. The molecule has 0 radical (unpaired) electrons. The van der Waals surface area contributed by atoms with Crippen LogP contribution in [-0.4, -0.2) is 35.1 Å². The lowest BCUT2D eigenvalue weighted by atomic mass is 10.0. The van der Waals surface area contributed by atoms with E-state index in [1.807, 2.05) is 54.3 Å². The molecule has 0 fully saturated rings. The molecular formula is C24H23N5O3S. The van der Waals surface area contributed by atoms with Crippen molar-refractivity contribution in [3.8, 4) is 11.1 Å². The minimum atomic E-state index is -3.34. The summed E-state index contributed by atoms with van der Waals surface area (Å²) in [6.07, 6.45) is 8.66. The summed E-state index contributed by atoms with van der Waals surface area (Å²) in [6, 6.07) is 15.7. The van der Waals surface area contributed by atoms with E-state index < -0.39 is 9.84 Å². The highest BCUT2D eigenvalue weighted by molar-refractivity contribution is 7.90. The molecule has 168 valence electrons. The van der Waals surface area contributed by atoms with Crippen LogP contribution in [0.25, 0.3) is 11.1 Å². The summed E-state index contributed by atoms with van der Waals surface area (Å²) in [7, 11) is -1.39. The van der Waals surface area contributed by atoms with Gasteiger partial charge in [-0.15, -0.1) is 0 Å². The Balaban J connectivity index is 1.37. The van der Waals surface area contributed by atoms with Gasteiger partial charge in [0, 0.05) is 49.3 Å². The summed E-state index contributed by atoms with van der Waals surface area (Å²) in [5.74, 6) is 0.284. The summed E-state index contributed by atoms with van der Waals surface area (Å²) in [6.45, 7) is 0. The number of nitrogens with one attached hydrogen (secondary N) is 2.